The van der Waals surface area contributed by atoms with Gasteiger partial charge in [0, 0.05) is 69.8 Å². The van der Waals surface area contributed by atoms with Crippen molar-refractivity contribution in [3.63, 3.8) is 0 Å². The van der Waals surface area contributed by atoms with Gasteiger partial charge in [0.25, 0.3) is 0 Å². The number of hydrogen-bond acceptors (Lipinski definition) is 12. The van der Waals surface area contributed by atoms with Gasteiger partial charge < -0.3 is 58.3 Å². The van der Waals surface area contributed by atoms with E-state index in [1.54, 1.807) is 14.2 Å². The Kier molecular flexibility index (Phi) is 11.5. The SMILES string of the molecule is COCCOCCOc1ccc(OCCOCCOC)c2c3nc4nc(nc5[n-]c(nc6nc(nc([n-]3)c12)-c1ccccc1-6)c1ccccc51)-c1ccccc1-4.[Zn+2]. The van der Waals surface area contributed by atoms with Gasteiger partial charge in [-0.25, -0.2) is 9.97 Å². The molecular weight excluding hydrogens is 778 g/mol. The number of aromatic nitrogens is 8. The largest absolute Gasteiger partial charge is 2.00 e. The maximum atomic E-state index is 6.37. The number of hydrogen-bond donors (Lipinski definition) is 0. The standard InChI is InChI=1S/C42H36N8O6.Zn/c1-51-17-19-53-21-23-55-31-15-16-32(56-24-22-54-20-18-52-2)34-33(31)41-48-39-29-13-7-5-11-27(29)37(46-39)44-35-25-9-3-4-10-26(25)36(43-35)45-38-28-12-6-8-14-30(28)40(47-38)49-42(34)50-41;/h3-16H,17-24H2,1-2H3;/q-2;+2. The van der Waals surface area contributed by atoms with Crippen LogP contribution in [0.2, 0.25) is 0 Å². The molecule has 5 heterocycles. The van der Waals surface area contributed by atoms with Crippen molar-refractivity contribution in [3.8, 4) is 57.1 Å². The van der Waals surface area contributed by atoms with Gasteiger partial charge in [0.15, 0.2) is 0 Å². The van der Waals surface area contributed by atoms with E-state index in [-0.39, 0.29) is 32.7 Å². The van der Waals surface area contributed by atoms with Crippen molar-refractivity contribution in [3.05, 3.63) is 84.9 Å². The fourth-order valence-electron chi connectivity index (χ4n) is 6.73. The summed E-state index contributed by atoms with van der Waals surface area (Å²) >= 11 is 0. The molecule has 2 aliphatic heterocycles. The minimum Gasteiger partial charge on any atom is -0.490 e. The minimum atomic E-state index is 0. The first kappa shape index (κ1) is 38.2. The van der Waals surface area contributed by atoms with E-state index in [0.29, 0.717) is 108 Å². The molecule has 0 amide bonds. The minimum absolute atomic E-state index is 0. The molecule has 0 radical (unpaired) electrons. The zero-order chi connectivity index (χ0) is 37.8. The smallest absolute Gasteiger partial charge is 0.490 e. The molecule has 0 fully saturated rings. The van der Waals surface area contributed by atoms with Gasteiger partial charge in [-0.3, -0.25) is 0 Å². The normalized spacial score (nSPS) is 11.7. The van der Waals surface area contributed by atoms with Crippen molar-refractivity contribution in [1.29, 1.82) is 0 Å². The van der Waals surface area contributed by atoms with E-state index in [2.05, 4.69) is 0 Å². The van der Waals surface area contributed by atoms with E-state index in [9.17, 15) is 0 Å². The number of fused-ring (bicyclic) bond motifs is 20. The second kappa shape index (κ2) is 17.2. The predicted octanol–water partition coefficient (Wildman–Crippen LogP) is 6.21. The van der Waals surface area contributed by atoms with Crippen LogP contribution in [0.1, 0.15) is 0 Å². The fourth-order valence-corrected chi connectivity index (χ4v) is 6.73. The molecule has 0 unspecified atom stereocenters. The van der Waals surface area contributed by atoms with Crippen molar-refractivity contribution in [1.82, 2.24) is 39.9 Å². The monoisotopic (exact) mass is 812 g/mol. The zero-order valence-electron chi connectivity index (χ0n) is 31.5. The van der Waals surface area contributed by atoms with Crippen molar-refractivity contribution < 1.29 is 47.9 Å². The van der Waals surface area contributed by atoms with Gasteiger partial charge in [-0.1, -0.05) is 72.8 Å². The molecule has 0 aliphatic carbocycles. The number of nitrogens with zero attached hydrogens (tertiary/aromatic N) is 8. The Morgan fingerprint density at radius 3 is 1.16 bits per heavy atom. The summed E-state index contributed by atoms with van der Waals surface area (Å²) in [5.41, 5.74) is 4.92. The summed E-state index contributed by atoms with van der Waals surface area (Å²) in [7, 11) is 3.27. The van der Waals surface area contributed by atoms with Crippen LogP contribution in [0.15, 0.2) is 84.9 Å². The van der Waals surface area contributed by atoms with Crippen molar-refractivity contribution >= 4 is 44.1 Å². The third kappa shape index (κ3) is 7.60. The third-order valence-electron chi connectivity index (χ3n) is 9.33. The van der Waals surface area contributed by atoms with E-state index in [0.717, 1.165) is 33.0 Å². The van der Waals surface area contributed by atoms with Crippen molar-refractivity contribution in [2.24, 2.45) is 0 Å². The van der Waals surface area contributed by atoms with Crippen LogP contribution in [0.4, 0.5) is 0 Å². The van der Waals surface area contributed by atoms with Crippen LogP contribution in [0.5, 0.6) is 11.5 Å². The predicted molar refractivity (Wildman–Crippen MR) is 210 cm³/mol. The molecule has 57 heavy (non-hydrogen) atoms. The Morgan fingerprint density at radius 2 is 0.754 bits per heavy atom. The maximum Gasteiger partial charge on any atom is 2.00 e. The Balaban J connectivity index is 0.00000455. The molecule has 14 nitrogen and oxygen atoms in total. The summed E-state index contributed by atoms with van der Waals surface area (Å²) in [4.78, 5) is 40.3. The second-order valence-electron chi connectivity index (χ2n) is 12.8. The number of rotatable bonds is 14. The third-order valence-corrected chi connectivity index (χ3v) is 9.33. The van der Waals surface area contributed by atoms with Gasteiger partial charge in [0.2, 0.25) is 0 Å². The van der Waals surface area contributed by atoms with Gasteiger partial charge in [-0.05, 0) is 22.9 Å². The van der Waals surface area contributed by atoms with Crippen LogP contribution in [-0.4, -0.2) is 97.0 Å². The molecular formula is C42H36N8O6Zn. The number of benzene rings is 4. The van der Waals surface area contributed by atoms with Crippen LogP contribution in [0.25, 0.3) is 89.7 Å². The average Bonchev–Trinajstić information content (AvgIpc) is 3.97. The molecule has 282 valence electrons. The molecule has 7 aromatic rings. The summed E-state index contributed by atoms with van der Waals surface area (Å²) in [6, 6.07) is 27.3. The van der Waals surface area contributed by atoms with Crippen LogP contribution >= 0.6 is 0 Å². The summed E-state index contributed by atoms with van der Waals surface area (Å²) in [5, 5.41) is 2.89. The second-order valence-corrected chi connectivity index (χ2v) is 12.8. The Labute approximate surface area is 339 Å². The Hall–Kier alpha value is -5.70. The molecule has 8 bridgehead atoms. The van der Waals surface area contributed by atoms with Gasteiger partial charge >= 0.3 is 19.5 Å². The van der Waals surface area contributed by atoms with Gasteiger partial charge in [0.1, 0.15) is 24.7 Å². The molecule has 9 rings (SSSR count). The molecule has 3 aromatic heterocycles. The molecule has 2 aliphatic rings. The van der Waals surface area contributed by atoms with Gasteiger partial charge in [-0.15, -0.1) is 0 Å². The summed E-state index contributed by atoms with van der Waals surface area (Å²) in [5.74, 6) is 2.88. The van der Waals surface area contributed by atoms with Crippen LogP contribution in [0, 0.1) is 0 Å². The van der Waals surface area contributed by atoms with Crippen molar-refractivity contribution in [2.45, 2.75) is 0 Å². The van der Waals surface area contributed by atoms with E-state index >= 15 is 0 Å². The molecule has 0 N–H and O–H groups in total. The molecule has 0 saturated carbocycles. The van der Waals surface area contributed by atoms with E-state index in [1.807, 2.05) is 84.9 Å². The van der Waals surface area contributed by atoms with E-state index in [4.69, 9.17) is 68.3 Å². The average molecular weight is 814 g/mol. The molecule has 4 aromatic carbocycles. The van der Waals surface area contributed by atoms with Crippen molar-refractivity contribution in [2.75, 3.05) is 67.1 Å². The molecule has 0 spiro atoms. The van der Waals surface area contributed by atoms with Crippen LogP contribution in [-0.2, 0) is 38.4 Å². The zero-order valence-corrected chi connectivity index (χ0v) is 34.4. The quantitative estimate of drug-likeness (QED) is 0.0901. The fraction of sp³-hybridized carbons (Fsp3) is 0.238. The summed E-state index contributed by atoms with van der Waals surface area (Å²) < 4.78 is 34.4. The maximum absolute atomic E-state index is 6.37. The first-order chi connectivity index (χ1) is 27.7. The Bertz CT molecular complexity index is 2560. The first-order valence-electron chi connectivity index (χ1n) is 18.3. The van der Waals surface area contributed by atoms with E-state index < -0.39 is 0 Å². The van der Waals surface area contributed by atoms with E-state index in [1.165, 1.54) is 0 Å². The summed E-state index contributed by atoms with van der Waals surface area (Å²) in [6.07, 6.45) is 0. The molecule has 0 saturated heterocycles. The number of ether oxygens (including phenoxy) is 6. The van der Waals surface area contributed by atoms with Gasteiger partial charge in [-0.2, -0.15) is 0 Å². The topological polar surface area (TPSA) is 161 Å². The first-order valence-corrected chi connectivity index (χ1v) is 18.3. The number of methoxy groups -OCH3 is 2. The molecule has 15 heteroatoms. The molecule has 0 atom stereocenters. The Morgan fingerprint density at radius 1 is 0.404 bits per heavy atom. The van der Waals surface area contributed by atoms with Crippen LogP contribution in [0.3, 0.4) is 0 Å². The van der Waals surface area contributed by atoms with Gasteiger partial charge in [0.05, 0.1) is 62.9 Å². The van der Waals surface area contributed by atoms with Crippen LogP contribution < -0.4 is 19.4 Å². The summed E-state index contributed by atoms with van der Waals surface area (Å²) in [6.45, 7) is 3.11.